The molecule has 0 radical (unpaired) electrons. The summed E-state index contributed by atoms with van der Waals surface area (Å²) in [5.74, 6) is -4.17. The third kappa shape index (κ3) is 4.75. The lowest BCUT2D eigenvalue weighted by Crippen LogP contribution is -2.41. The number of nitrogens with zero attached hydrogens (tertiary/aromatic N) is 3. The van der Waals surface area contributed by atoms with Crippen LogP contribution in [0.2, 0.25) is 0 Å². The molecule has 33 heavy (non-hydrogen) atoms. The number of hydrogen-bond donors (Lipinski definition) is 2. The average Bonchev–Trinajstić information content (AvgIpc) is 2.65. The molecule has 0 aliphatic heterocycles. The van der Waals surface area contributed by atoms with Crippen LogP contribution in [-0.4, -0.2) is 39.0 Å². The Balaban J connectivity index is 2.10. The van der Waals surface area contributed by atoms with Crippen molar-refractivity contribution >= 4 is 29.3 Å². The predicted octanol–water partition coefficient (Wildman–Crippen LogP) is 5.06. The zero-order chi connectivity index (χ0) is 24.9. The molecule has 0 aliphatic rings. The Kier molecular flexibility index (Phi) is 6.37. The summed E-state index contributed by atoms with van der Waals surface area (Å²) in [5.41, 5.74) is -2.37. The quantitative estimate of drug-likeness (QED) is 0.480. The highest BCUT2D eigenvalue weighted by molar-refractivity contribution is 7.70. The second-order valence-corrected chi connectivity index (χ2v) is 12.3. The standard InChI is InChI=1S/C23H28F3N4O2P/c1-12(15-9-8-10-17(19(15)24)23(25,26)22(4,5)31)27-20-16-11-18(33(6,7)32)13(2)28-21(16)30-14(3)29-20/h8-12,31H,1-7H3,(H,27,28,29,30). The number of alkyl halides is 2. The van der Waals surface area contributed by atoms with E-state index in [0.717, 1.165) is 19.9 Å². The van der Waals surface area contributed by atoms with Gasteiger partial charge in [0, 0.05) is 10.9 Å². The maximum Gasteiger partial charge on any atom is 0.303 e. The lowest BCUT2D eigenvalue weighted by Gasteiger charge is -2.30. The molecule has 2 heterocycles. The van der Waals surface area contributed by atoms with Gasteiger partial charge in [-0.1, -0.05) is 12.1 Å². The van der Waals surface area contributed by atoms with Gasteiger partial charge in [-0.25, -0.2) is 19.3 Å². The maximum atomic E-state index is 15.2. The summed E-state index contributed by atoms with van der Waals surface area (Å²) in [7, 11) is -2.65. The van der Waals surface area contributed by atoms with Crippen LogP contribution in [0.3, 0.4) is 0 Å². The molecule has 1 aromatic carbocycles. The fourth-order valence-electron chi connectivity index (χ4n) is 3.64. The van der Waals surface area contributed by atoms with Crippen molar-refractivity contribution in [2.24, 2.45) is 0 Å². The van der Waals surface area contributed by atoms with E-state index in [2.05, 4.69) is 20.3 Å². The first-order chi connectivity index (χ1) is 15.0. The van der Waals surface area contributed by atoms with Gasteiger partial charge in [-0.05, 0) is 60.1 Å². The van der Waals surface area contributed by atoms with Crippen molar-refractivity contribution in [1.29, 1.82) is 0 Å². The molecule has 0 amide bonds. The van der Waals surface area contributed by atoms with Crippen molar-refractivity contribution < 1.29 is 22.8 Å². The van der Waals surface area contributed by atoms with Crippen LogP contribution in [0.1, 0.15) is 49.5 Å². The summed E-state index contributed by atoms with van der Waals surface area (Å²) >= 11 is 0. The molecule has 0 saturated heterocycles. The van der Waals surface area contributed by atoms with E-state index in [1.54, 1.807) is 40.2 Å². The molecule has 0 aliphatic carbocycles. The van der Waals surface area contributed by atoms with Crippen molar-refractivity contribution in [3.8, 4) is 0 Å². The number of aromatic nitrogens is 3. The van der Waals surface area contributed by atoms with Crippen LogP contribution in [0, 0.1) is 19.7 Å². The minimum absolute atomic E-state index is 0.0159. The lowest BCUT2D eigenvalue weighted by atomic mass is 9.91. The Morgan fingerprint density at radius 2 is 1.76 bits per heavy atom. The van der Waals surface area contributed by atoms with Gasteiger partial charge in [0.2, 0.25) is 0 Å². The van der Waals surface area contributed by atoms with E-state index in [1.165, 1.54) is 12.1 Å². The van der Waals surface area contributed by atoms with E-state index in [1.807, 2.05) is 0 Å². The Labute approximate surface area is 191 Å². The monoisotopic (exact) mass is 480 g/mol. The van der Waals surface area contributed by atoms with Crippen LogP contribution < -0.4 is 10.6 Å². The molecule has 1 atom stereocenters. The zero-order valence-electron chi connectivity index (χ0n) is 19.7. The topological polar surface area (TPSA) is 88.0 Å². The van der Waals surface area contributed by atoms with Crippen LogP contribution >= 0.6 is 7.14 Å². The Morgan fingerprint density at radius 3 is 2.33 bits per heavy atom. The second kappa shape index (κ2) is 8.37. The molecule has 3 rings (SSSR count). The maximum absolute atomic E-state index is 15.2. The molecule has 1 unspecified atom stereocenters. The number of halogens is 3. The number of aryl methyl sites for hydroxylation is 2. The number of hydrogen-bond acceptors (Lipinski definition) is 6. The minimum Gasteiger partial charge on any atom is -0.384 e. The van der Waals surface area contributed by atoms with Gasteiger partial charge in [-0.15, -0.1) is 0 Å². The molecule has 10 heteroatoms. The summed E-state index contributed by atoms with van der Waals surface area (Å²) in [4.78, 5) is 13.2. The number of aliphatic hydroxyl groups is 1. The molecule has 0 fully saturated rings. The first-order valence-electron chi connectivity index (χ1n) is 10.4. The van der Waals surface area contributed by atoms with Crippen LogP contribution in [0.15, 0.2) is 24.3 Å². The lowest BCUT2D eigenvalue weighted by molar-refractivity contribution is -0.170. The number of pyridine rings is 1. The first kappa shape index (κ1) is 25.1. The van der Waals surface area contributed by atoms with E-state index < -0.39 is 36.1 Å². The summed E-state index contributed by atoms with van der Waals surface area (Å²) in [6.07, 6.45) is 0. The normalized spacial score (nSPS) is 13.9. The molecule has 2 N–H and O–H groups in total. The highest BCUT2D eigenvalue weighted by Gasteiger charge is 2.49. The van der Waals surface area contributed by atoms with Gasteiger partial charge in [0.05, 0.1) is 22.7 Å². The van der Waals surface area contributed by atoms with Gasteiger partial charge in [0.15, 0.2) is 5.65 Å². The molecule has 0 spiro atoms. The van der Waals surface area contributed by atoms with Gasteiger partial charge in [0.1, 0.15) is 30.2 Å². The summed E-state index contributed by atoms with van der Waals surface area (Å²) in [6, 6.07) is 4.63. The van der Waals surface area contributed by atoms with Gasteiger partial charge < -0.3 is 15.0 Å². The Hall–Kier alpha value is -2.51. The number of nitrogens with one attached hydrogen (secondary N) is 1. The van der Waals surface area contributed by atoms with Crippen LogP contribution in [0.4, 0.5) is 19.0 Å². The number of rotatable bonds is 6. The molecule has 6 nitrogen and oxygen atoms in total. The van der Waals surface area contributed by atoms with E-state index in [0.29, 0.717) is 33.7 Å². The van der Waals surface area contributed by atoms with Crippen molar-refractivity contribution in [2.75, 3.05) is 18.6 Å². The largest absolute Gasteiger partial charge is 0.384 e. The summed E-state index contributed by atoms with van der Waals surface area (Å²) < 4.78 is 57.3. The predicted molar refractivity (Wildman–Crippen MR) is 125 cm³/mol. The Morgan fingerprint density at radius 1 is 1.12 bits per heavy atom. The number of anilines is 1. The molecular weight excluding hydrogens is 452 g/mol. The van der Waals surface area contributed by atoms with Crippen molar-refractivity contribution in [3.05, 3.63) is 52.7 Å². The fourth-order valence-corrected chi connectivity index (χ4v) is 4.91. The zero-order valence-corrected chi connectivity index (χ0v) is 20.6. The molecule has 0 saturated carbocycles. The SMILES string of the molecule is Cc1nc(NC(C)c2cccc(C(F)(F)C(C)(C)O)c2F)c2cc(P(C)(C)=O)c(C)nc2n1. The highest BCUT2D eigenvalue weighted by atomic mass is 31.2. The average molecular weight is 480 g/mol. The second-order valence-electron chi connectivity index (χ2n) is 9.14. The highest BCUT2D eigenvalue weighted by Crippen LogP contribution is 2.41. The number of benzene rings is 1. The molecular formula is C23H28F3N4O2P. The van der Waals surface area contributed by atoms with E-state index in [4.69, 9.17) is 0 Å². The van der Waals surface area contributed by atoms with Crippen LogP contribution in [0.25, 0.3) is 11.0 Å². The third-order valence-corrected chi connectivity index (χ3v) is 7.11. The van der Waals surface area contributed by atoms with Crippen molar-refractivity contribution in [1.82, 2.24) is 15.0 Å². The van der Waals surface area contributed by atoms with E-state index in [-0.39, 0.29) is 5.56 Å². The van der Waals surface area contributed by atoms with Crippen molar-refractivity contribution in [3.63, 3.8) is 0 Å². The summed E-state index contributed by atoms with van der Waals surface area (Å²) in [5, 5.41) is 14.0. The van der Waals surface area contributed by atoms with E-state index >= 15 is 4.39 Å². The molecule has 178 valence electrons. The molecule has 2 aromatic heterocycles. The third-order valence-electron chi connectivity index (χ3n) is 5.50. The van der Waals surface area contributed by atoms with Gasteiger partial charge in [0.25, 0.3) is 0 Å². The van der Waals surface area contributed by atoms with Crippen LogP contribution in [-0.2, 0) is 10.5 Å². The van der Waals surface area contributed by atoms with Gasteiger partial charge >= 0.3 is 5.92 Å². The summed E-state index contributed by atoms with van der Waals surface area (Å²) in [6.45, 7) is 10.2. The first-order valence-corrected chi connectivity index (χ1v) is 13.0. The smallest absolute Gasteiger partial charge is 0.303 e. The van der Waals surface area contributed by atoms with Crippen LogP contribution in [0.5, 0.6) is 0 Å². The molecule has 0 bridgehead atoms. The van der Waals surface area contributed by atoms with E-state index in [9.17, 15) is 18.5 Å². The van der Waals surface area contributed by atoms with Crippen molar-refractivity contribution in [2.45, 2.75) is 52.2 Å². The van der Waals surface area contributed by atoms with Gasteiger partial charge in [-0.3, -0.25) is 0 Å². The fraction of sp³-hybridized carbons (Fsp3) is 0.435. The van der Waals surface area contributed by atoms with Gasteiger partial charge in [-0.2, -0.15) is 8.78 Å². The molecule has 3 aromatic rings. The minimum atomic E-state index is -3.80. The Bertz CT molecular complexity index is 1270. The number of fused-ring (bicyclic) bond motifs is 1.